The minimum Gasteiger partial charge on any atom is -0.314 e. The number of nitrogens with zero attached hydrogens (tertiary/aromatic N) is 1. The molecule has 0 amide bonds. The predicted molar refractivity (Wildman–Crippen MR) is 91.5 cm³/mol. The monoisotopic (exact) mass is 366 g/mol. The first-order chi connectivity index (χ1) is 9.74. The number of nitrogens with one attached hydrogen (secondary N) is 1. The zero-order valence-electron chi connectivity index (χ0n) is 11.8. The molecule has 0 radical (unpaired) electrons. The molecule has 2 nitrogen and oxygen atoms in total. The van der Waals surface area contributed by atoms with Gasteiger partial charge in [-0.25, -0.2) is 8.78 Å². The van der Waals surface area contributed by atoms with Gasteiger partial charge in [0.15, 0.2) is 0 Å². The fourth-order valence-corrected chi connectivity index (χ4v) is 3.56. The number of piperazine rings is 1. The van der Waals surface area contributed by atoms with E-state index in [1.165, 1.54) is 12.1 Å². The van der Waals surface area contributed by atoms with Crippen LogP contribution in [0.2, 0.25) is 0 Å². The van der Waals surface area contributed by atoms with E-state index in [2.05, 4.69) is 10.2 Å². The summed E-state index contributed by atoms with van der Waals surface area (Å²) in [4.78, 5) is 3.40. The van der Waals surface area contributed by atoms with E-state index in [1.54, 1.807) is 11.3 Å². The Morgan fingerprint density at radius 3 is 2.23 bits per heavy atom. The van der Waals surface area contributed by atoms with Crippen LogP contribution < -0.4 is 5.32 Å². The van der Waals surface area contributed by atoms with Crippen LogP contribution in [0.15, 0.2) is 35.7 Å². The maximum absolute atomic E-state index is 13.5. The van der Waals surface area contributed by atoms with E-state index >= 15 is 0 Å². The SMILES string of the molecule is Cl.Cl.Fc1cc(F)cc([C@H](c2cccs2)N2CCNCC2)c1. The van der Waals surface area contributed by atoms with Crippen molar-refractivity contribution in [2.45, 2.75) is 6.04 Å². The van der Waals surface area contributed by atoms with E-state index < -0.39 is 11.6 Å². The van der Waals surface area contributed by atoms with Crippen molar-refractivity contribution in [1.29, 1.82) is 0 Å². The highest BCUT2D eigenvalue weighted by atomic mass is 35.5. The average Bonchev–Trinajstić information content (AvgIpc) is 2.93. The van der Waals surface area contributed by atoms with Crippen LogP contribution in [-0.4, -0.2) is 31.1 Å². The van der Waals surface area contributed by atoms with Gasteiger partial charge in [-0.2, -0.15) is 0 Å². The van der Waals surface area contributed by atoms with Crippen LogP contribution in [0.25, 0.3) is 0 Å². The number of hydrogen-bond acceptors (Lipinski definition) is 3. The van der Waals surface area contributed by atoms with Gasteiger partial charge in [-0.1, -0.05) is 6.07 Å². The molecule has 1 saturated heterocycles. The van der Waals surface area contributed by atoms with Gasteiger partial charge in [0, 0.05) is 37.1 Å². The Hall–Kier alpha value is -0.720. The van der Waals surface area contributed by atoms with Gasteiger partial charge >= 0.3 is 0 Å². The van der Waals surface area contributed by atoms with E-state index in [1.807, 2.05) is 17.5 Å². The summed E-state index contributed by atoms with van der Waals surface area (Å²) in [6, 6.07) is 7.74. The molecule has 7 heteroatoms. The molecule has 1 aromatic carbocycles. The largest absolute Gasteiger partial charge is 0.314 e. The number of rotatable bonds is 3. The molecule has 0 aliphatic carbocycles. The van der Waals surface area contributed by atoms with Gasteiger partial charge in [0.2, 0.25) is 0 Å². The summed E-state index contributed by atoms with van der Waals surface area (Å²) >= 11 is 1.62. The van der Waals surface area contributed by atoms with E-state index in [-0.39, 0.29) is 30.9 Å². The van der Waals surface area contributed by atoms with E-state index in [0.717, 1.165) is 37.1 Å². The number of halogens is 4. The maximum Gasteiger partial charge on any atom is 0.126 e. The summed E-state index contributed by atoms with van der Waals surface area (Å²) in [5.41, 5.74) is 0.687. The minimum atomic E-state index is -0.517. The summed E-state index contributed by atoms with van der Waals surface area (Å²) in [7, 11) is 0. The third-order valence-electron chi connectivity index (χ3n) is 3.53. The molecule has 1 aliphatic rings. The van der Waals surface area contributed by atoms with Crippen molar-refractivity contribution in [2.75, 3.05) is 26.2 Å². The van der Waals surface area contributed by atoms with E-state index in [9.17, 15) is 8.78 Å². The molecule has 3 rings (SSSR count). The Labute approximate surface area is 145 Å². The molecule has 2 aromatic rings. The van der Waals surface area contributed by atoms with Crippen LogP contribution >= 0.6 is 36.2 Å². The van der Waals surface area contributed by atoms with Crippen molar-refractivity contribution >= 4 is 36.2 Å². The first kappa shape index (κ1) is 19.3. The standard InChI is InChI=1S/C15H16F2N2S.2ClH/c16-12-8-11(9-13(17)10-12)15(14-2-1-7-20-14)19-5-3-18-4-6-19;;/h1-2,7-10,15,18H,3-6H2;2*1H/t15-;;/m1../s1. The van der Waals surface area contributed by atoms with Gasteiger partial charge in [0.05, 0.1) is 6.04 Å². The van der Waals surface area contributed by atoms with Gasteiger partial charge in [0.25, 0.3) is 0 Å². The highest BCUT2D eigenvalue weighted by Crippen LogP contribution is 2.32. The second-order valence-corrected chi connectivity index (χ2v) is 5.89. The summed E-state index contributed by atoms with van der Waals surface area (Å²) in [5.74, 6) is -1.03. The van der Waals surface area contributed by atoms with E-state index in [4.69, 9.17) is 0 Å². The lowest BCUT2D eigenvalue weighted by atomic mass is 10.0. The zero-order valence-corrected chi connectivity index (χ0v) is 14.2. The van der Waals surface area contributed by atoms with Gasteiger partial charge in [-0.05, 0) is 29.1 Å². The summed E-state index contributed by atoms with van der Waals surface area (Å²) in [5, 5.41) is 5.30. The van der Waals surface area contributed by atoms with Crippen LogP contribution in [0, 0.1) is 11.6 Å². The smallest absolute Gasteiger partial charge is 0.126 e. The van der Waals surface area contributed by atoms with Crippen LogP contribution in [0.1, 0.15) is 16.5 Å². The lowest BCUT2D eigenvalue weighted by Crippen LogP contribution is -2.45. The van der Waals surface area contributed by atoms with Crippen molar-refractivity contribution in [3.63, 3.8) is 0 Å². The van der Waals surface area contributed by atoms with Crippen molar-refractivity contribution < 1.29 is 8.78 Å². The van der Waals surface area contributed by atoms with Crippen LogP contribution in [0.4, 0.5) is 8.78 Å². The second kappa shape index (κ2) is 8.79. The Morgan fingerprint density at radius 2 is 1.68 bits per heavy atom. The van der Waals surface area contributed by atoms with Crippen molar-refractivity contribution in [1.82, 2.24) is 10.2 Å². The van der Waals surface area contributed by atoms with Gasteiger partial charge in [0.1, 0.15) is 11.6 Å². The Morgan fingerprint density at radius 1 is 1.05 bits per heavy atom. The molecule has 0 bridgehead atoms. The molecular formula is C15H18Cl2F2N2S. The lowest BCUT2D eigenvalue weighted by Gasteiger charge is -2.34. The Balaban J connectivity index is 0.00000121. The lowest BCUT2D eigenvalue weighted by molar-refractivity contribution is 0.200. The molecule has 22 heavy (non-hydrogen) atoms. The van der Waals surface area contributed by atoms with Gasteiger partial charge in [-0.3, -0.25) is 4.90 Å². The van der Waals surface area contributed by atoms with Crippen LogP contribution in [-0.2, 0) is 0 Å². The van der Waals surface area contributed by atoms with Crippen molar-refractivity contribution in [3.05, 3.63) is 57.8 Å². The van der Waals surface area contributed by atoms with E-state index in [0.29, 0.717) is 5.56 Å². The Bertz CT molecular complexity index is 555. The molecule has 0 saturated carbocycles. The summed E-state index contributed by atoms with van der Waals surface area (Å²) in [6.07, 6.45) is 0. The molecule has 1 aromatic heterocycles. The predicted octanol–water partition coefficient (Wildman–Crippen LogP) is 3.86. The van der Waals surface area contributed by atoms with Crippen molar-refractivity contribution in [3.8, 4) is 0 Å². The van der Waals surface area contributed by atoms with Crippen LogP contribution in [0.3, 0.4) is 0 Å². The number of benzene rings is 1. The fourth-order valence-electron chi connectivity index (χ4n) is 2.68. The summed E-state index contributed by atoms with van der Waals surface area (Å²) < 4.78 is 27.1. The zero-order chi connectivity index (χ0) is 13.9. The molecule has 0 spiro atoms. The molecule has 1 atom stereocenters. The van der Waals surface area contributed by atoms with Gasteiger partial charge < -0.3 is 5.32 Å². The highest BCUT2D eigenvalue weighted by Gasteiger charge is 2.25. The van der Waals surface area contributed by atoms with Crippen molar-refractivity contribution in [2.24, 2.45) is 0 Å². The minimum absolute atomic E-state index is 0. The maximum atomic E-state index is 13.5. The molecule has 2 heterocycles. The van der Waals surface area contributed by atoms with Gasteiger partial charge in [-0.15, -0.1) is 36.2 Å². The van der Waals surface area contributed by atoms with Crippen LogP contribution in [0.5, 0.6) is 0 Å². The quantitative estimate of drug-likeness (QED) is 0.886. The summed E-state index contributed by atoms with van der Waals surface area (Å²) in [6.45, 7) is 3.56. The second-order valence-electron chi connectivity index (χ2n) is 4.91. The molecule has 0 unspecified atom stereocenters. The average molecular weight is 367 g/mol. The normalized spacial score (nSPS) is 16.5. The number of hydrogen-bond donors (Lipinski definition) is 1. The topological polar surface area (TPSA) is 15.3 Å². The molecule has 1 aliphatic heterocycles. The molecule has 1 fully saturated rings. The third-order valence-corrected chi connectivity index (χ3v) is 4.45. The highest BCUT2D eigenvalue weighted by molar-refractivity contribution is 7.10. The first-order valence-electron chi connectivity index (χ1n) is 6.68. The third kappa shape index (κ3) is 4.40. The molecule has 1 N–H and O–H groups in total. The number of thiophene rings is 1. The Kier molecular flexibility index (Phi) is 7.72. The fraction of sp³-hybridized carbons (Fsp3) is 0.333. The molecular weight excluding hydrogens is 349 g/mol. The molecule has 122 valence electrons. The first-order valence-corrected chi connectivity index (χ1v) is 7.56.